The van der Waals surface area contributed by atoms with Crippen LogP contribution in [0.2, 0.25) is 0 Å². The molecule has 0 aliphatic rings. The highest BCUT2D eigenvalue weighted by atomic mass is 15.1. The van der Waals surface area contributed by atoms with Gasteiger partial charge in [-0.15, -0.1) is 0 Å². The molecule has 0 aliphatic heterocycles. The molecule has 0 amide bonds. The summed E-state index contributed by atoms with van der Waals surface area (Å²) in [6.07, 6.45) is 9.26. The van der Waals surface area contributed by atoms with Crippen LogP contribution in [0.3, 0.4) is 0 Å². The minimum Gasteiger partial charge on any atom is -0.375 e. The lowest BCUT2D eigenvalue weighted by atomic mass is 10.00. The molecule has 0 aromatic rings. The van der Waals surface area contributed by atoms with Gasteiger partial charge < -0.3 is 4.90 Å². The maximum absolute atomic E-state index is 4.14. The van der Waals surface area contributed by atoms with Gasteiger partial charge in [-0.2, -0.15) is 0 Å². The van der Waals surface area contributed by atoms with Crippen molar-refractivity contribution >= 4 is 0 Å². The van der Waals surface area contributed by atoms with E-state index in [0.717, 1.165) is 30.7 Å². The van der Waals surface area contributed by atoms with Gasteiger partial charge in [-0.1, -0.05) is 50.8 Å². The van der Waals surface area contributed by atoms with E-state index in [1.54, 1.807) is 0 Å². The molecule has 118 valence electrons. The molecule has 0 radical (unpaired) electrons. The van der Waals surface area contributed by atoms with Crippen LogP contribution in [-0.4, -0.2) is 18.0 Å². The van der Waals surface area contributed by atoms with Gasteiger partial charge in [0.2, 0.25) is 0 Å². The molecular formula is C20H33N. The van der Waals surface area contributed by atoms with Crippen molar-refractivity contribution in [3.63, 3.8) is 0 Å². The summed E-state index contributed by atoms with van der Waals surface area (Å²) in [6, 6.07) is 0. The van der Waals surface area contributed by atoms with Crippen LogP contribution in [0.4, 0.5) is 0 Å². The molecule has 0 saturated heterocycles. The maximum Gasteiger partial charge on any atom is 0.0197 e. The van der Waals surface area contributed by atoms with E-state index in [4.69, 9.17) is 0 Å². The fourth-order valence-corrected chi connectivity index (χ4v) is 2.30. The highest BCUT2D eigenvalue weighted by molar-refractivity contribution is 5.39. The van der Waals surface area contributed by atoms with Crippen molar-refractivity contribution < 1.29 is 0 Å². The molecule has 1 heteroatoms. The van der Waals surface area contributed by atoms with Gasteiger partial charge in [0, 0.05) is 18.8 Å². The minimum atomic E-state index is 0.683. The van der Waals surface area contributed by atoms with Crippen LogP contribution in [-0.2, 0) is 0 Å². The van der Waals surface area contributed by atoms with E-state index in [0.29, 0.717) is 5.92 Å². The third-order valence-corrected chi connectivity index (χ3v) is 3.51. The highest BCUT2D eigenvalue weighted by Crippen LogP contribution is 2.18. The van der Waals surface area contributed by atoms with E-state index in [9.17, 15) is 0 Å². The predicted molar refractivity (Wildman–Crippen MR) is 97.3 cm³/mol. The third kappa shape index (κ3) is 7.75. The van der Waals surface area contributed by atoms with Crippen LogP contribution in [0.1, 0.15) is 48.0 Å². The van der Waals surface area contributed by atoms with Crippen molar-refractivity contribution in [2.24, 2.45) is 5.92 Å². The van der Waals surface area contributed by atoms with Crippen molar-refractivity contribution in [3.8, 4) is 0 Å². The molecule has 0 aromatic heterocycles. The maximum atomic E-state index is 4.14. The normalized spacial score (nSPS) is 13.6. The van der Waals surface area contributed by atoms with Crippen molar-refractivity contribution in [1.82, 2.24) is 4.90 Å². The smallest absolute Gasteiger partial charge is 0.0197 e. The van der Waals surface area contributed by atoms with Crippen LogP contribution in [0.5, 0.6) is 0 Å². The Hall–Kier alpha value is -1.50. The fourth-order valence-electron chi connectivity index (χ4n) is 2.30. The summed E-state index contributed by atoms with van der Waals surface area (Å²) in [5.41, 5.74) is 4.91. The second kappa shape index (κ2) is 10.3. The summed E-state index contributed by atoms with van der Waals surface area (Å²) in [5, 5.41) is 0. The minimum absolute atomic E-state index is 0.683. The molecule has 0 heterocycles. The monoisotopic (exact) mass is 287 g/mol. The van der Waals surface area contributed by atoms with E-state index < -0.39 is 0 Å². The molecule has 0 rings (SSSR count). The Kier molecular flexibility index (Phi) is 9.53. The fraction of sp³-hybridized carbons (Fsp3) is 0.500. The summed E-state index contributed by atoms with van der Waals surface area (Å²) in [6.45, 7) is 23.2. The Morgan fingerprint density at radius 1 is 1.19 bits per heavy atom. The summed E-state index contributed by atoms with van der Waals surface area (Å²) < 4.78 is 0. The first-order valence-electron chi connectivity index (χ1n) is 7.91. The first-order chi connectivity index (χ1) is 9.85. The van der Waals surface area contributed by atoms with E-state index in [2.05, 4.69) is 70.9 Å². The number of allylic oxidation sites excluding steroid dienone is 8. The first kappa shape index (κ1) is 19.5. The van der Waals surface area contributed by atoms with Gasteiger partial charge in [0.1, 0.15) is 0 Å². The molecular weight excluding hydrogens is 254 g/mol. The molecule has 0 saturated carbocycles. The molecule has 0 fully saturated rings. The predicted octanol–water partition coefficient (Wildman–Crippen LogP) is 5.89. The third-order valence-electron chi connectivity index (χ3n) is 3.51. The van der Waals surface area contributed by atoms with Gasteiger partial charge in [-0.05, 0) is 57.3 Å². The van der Waals surface area contributed by atoms with Gasteiger partial charge in [0.25, 0.3) is 0 Å². The van der Waals surface area contributed by atoms with Crippen molar-refractivity contribution in [2.75, 3.05) is 13.1 Å². The number of hydrogen-bond donors (Lipinski definition) is 0. The molecule has 21 heavy (non-hydrogen) atoms. The average molecular weight is 287 g/mol. The van der Waals surface area contributed by atoms with E-state index in [1.807, 2.05) is 13.0 Å². The zero-order valence-corrected chi connectivity index (χ0v) is 14.9. The Labute approximate surface area is 132 Å². The van der Waals surface area contributed by atoms with Crippen molar-refractivity contribution in [1.29, 1.82) is 0 Å². The van der Waals surface area contributed by atoms with Gasteiger partial charge in [-0.3, -0.25) is 0 Å². The lowest BCUT2D eigenvalue weighted by molar-refractivity contribution is 0.319. The largest absolute Gasteiger partial charge is 0.375 e. The molecule has 0 spiro atoms. The molecule has 0 aromatic carbocycles. The Morgan fingerprint density at radius 3 is 2.24 bits per heavy atom. The number of hydrogen-bond acceptors (Lipinski definition) is 1. The van der Waals surface area contributed by atoms with E-state index in [1.165, 1.54) is 11.3 Å². The second-order valence-electron chi connectivity index (χ2n) is 5.98. The Bertz CT molecular complexity index is 433. The zero-order chi connectivity index (χ0) is 16.4. The van der Waals surface area contributed by atoms with Gasteiger partial charge in [0.15, 0.2) is 0 Å². The van der Waals surface area contributed by atoms with Crippen molar-refractivity contribution in [3.05, 3.63) is 59.9 Å². The molecule has 0 atom stereocenters. The lowest BCUT2D eigenvalue weighted by Crippen LogP contribution is -2.25. The summed E-state index contributed by atoms with van der Waals surface area (Å²) >= 11 is 0. The number of nitrogens with zero attached hydrogens (tertiary/aromatic N) is 1. The molecule has 0 N–H and O–H groups in total. The Balaban J connectivity index is 4.80. The van der Waals surface area contributed by atoms with Gasteiger partial charge in [-0.25, -0.2) is 0 Å². The van der Waals surface area contributed by atoms with Crippen LogP contribution in [0.15, 0.2) is 59.9 Å². The standard InChI is InChI=1S/C20H33N/c1-9-20(10-2)18(7)14-17(6)12-13-19(8)21(11-3)15-16(4)5/h9-10,12-13,16H,1,7,11,14-15H2,2-6,8H3/b17-12-,19-13+,20-10+. The molecule has 0 bridgehead atoms. The van der Waals surface area contributed by atoms with Gasteiger partial charge >= 0.3 is 0 Å². The average Bonchev–Trinajstić information content (AvgIpc) is 2.43. The lowest BCUT2D eigenvalue weighted by Gasteiger charge is -2.25. The summed E-state index contributed by atoms with van der Waals surface area (Å²) in [4.78, 5) is 2.42. The SMILES string of the molecule is C=C/C(=C\C)C(=C)C/C(C)=C\C=C(/C)N(CC)CC(C)C. The van der Waals surface area contributed by atoms with Gasteiger partial charge in [0.05, 0.1) is 0 Å². The van der Waals surface area contributed by atoms with Crippen LogP contribution in [0, 0.1) is 5.92 Å². The summed E-state index contributed by atoms with van der Waals surface area (Å²) in [7, 11) is 0. The van der Waals surface area contributed by atoms with Crippen LogP contribution in [0.25, 0.3) is 0 Å². The Morgan fingerprint density at radius 2 is 1.81 bits per heavy atom. The highest BCUT2D eigenvalue weighted by Gasteiger charge is 2.05. The van der Waals surface area contributed by atoms with E-state index in [-0.39, 0.29) is 0 Å². The molecule has 0 unspecified atom stereocenters. The zero-order valence-electron chi connectivity index (χ0n) is 14.9. The van der Waals surface area contributed by atoms with Crippen LogP contribution < -0.4 is 0 Å². The number of rotatable bonds is 9. The van der Waals surface area contributed by atoms with Crippen molar-refractivity contribution in [2.45, 2.75) is 48.0 Å². The summed E-state index contributed by atoms with van der Waals surface area (Å²) in [5.74, 6) is 0.683. The second-order valence-corrected chi connectivity index (χ2v) is 5.98. The molecule has 1 nitrogen and oxygen atoms in total. The molecule has 0 aliphatic carbocycles. The quantitative estimate of drug-likeness (QED) is 0.478. The first-order valence-corrected chi connectivity index (χ1v) is 7.91. The van der Waals surface area contributed by atoms with Crippen LogP contribution >= 0.6 is 0 Å². The van der Waals surface area contributed by atoms with E-state index >= 15 is 0 Å². The topological polar surface area (TPSA) is 3.24 Å².